The Kier molecular flexibility index (Phi) is 9.07. The first-order chi connectivity index (χ1) is 21.2. The van der Waals surface area contributed by atoms with Gasteiger partial charge in [-0.3, -0.25) is 4.90 Å². The second-order valence-electron chi connectivity index (χ2n) is 12.4. The average molecular weight is 658 g/mol. The van der Waals surface area contributed by atoms with E-state index in [9.17, 15) is 33.7 Å². The highest BCUT2D eigenvalue weighted by Gasteiger charge is 2.55. The summed E-state index contributed by atoms with van der Waals surface area (Å²) in [4.78, 5) is 31.7. The lowest BCUT2D eigenvalue weighted by molar-refractivity contribution is -0.210. The second-order valence-corrected chi connectivity index (χ2v) is 12.8. The number of rotatable bonds is 7. The molecule has 17 heteroatoms. The number of oxime groups is 1. The van der Waals surface area contributed by atoms with Gasteiger partial charge in [0.1, 0.15) is 41.7 Å². The summed E-state index contributed by atoms with van der Waals surface area (Å²) in [5.41, 5.74) is -1.71. The Balaban J connectivity index is 1.35. The molecule has 45 heavy (non-hydrogen) atoms. The van der Waals surface area contributed by atoms with Gasteiger partial charge in [0.05, 0.1) is 36.2 Å². The molecule has 0 radical (unpaired) electrons. The molecule has 0 bridgehead atoms. The smallest absolute Gasteiger partial charge is 0.411 e. The molecule has 5 rings (SSSR count). The molecule has 1 aromatic heterocycles. The largest absolute Gasteiger partial charge is 0.480 e. The molecule has 4 heterocycles. The number of carbonyl (C=O) groups is 2. The molecule has 0 aliphatic carbocycles. The van der Waals surface area contributed by atoms with E-state index in [1.807, 2.05) is 0 Å². The van der Waals surface area contributed by atoms with Crippen LogP contribution in [-0.4, -0.2) is 115 Å². The molecule has 3 N–H and O–H groups in total. The van der Waals surface area contributed by atoms with Crippen LogP contribution in [0.4, 0.5) is 13.6 Å². The second kappa shape index (κ2) is 12.4. The van der Waals surface area contributed by atoms with Gasteiger partial charge in [0.15, 0.2) is 17.2 Å². The van der Waals surface area contributed by atoms with Crippen molar-refractivity contribution in [3.63, 3.8) is 0 Å². The van der Waals surface area contributed by atoms with Crippen molar-refractivity contribution in [2.24, 2.45) is 5.16 Å². The van der Waals surface area contributed by atoms with Crippen molar-refractivity contribution in [2.75, 3.05) is 20.3 Å². The zero-order valence-electron chi connectivity index (χ0n) is 24.9. The lowest BCUT2D eigenvalue weighted by Gasteiger charge is -2.43. The molecule has 2 saturated heterocycles. The van der Waals surface area contributed by atoms with Crippen LogP contribution in [0.3, 0.4) is 0 Å². The van der Waals surface area contributed by atoms with Gasteiger partial charge in [-0.25, -0.2) is 23.1 Å². The standard InChI is InChI=1S/C28H34ClF2N5O9/c1-27(2,3)44-26(41)35-12-28(9-17(35)25(39)40)8-13(33-45-28)7-18-24(42-4)22(23(38)19(11-37)43-18)36-10-16(32-34-36)14-5-6-15(29)21(31)20(14)30/h5-6,10,17-19,22-24,37-38H,7-9,11-12H2,1-4H3,(H,39,40)/t17-,18+,19+,22-,23-,24-,28?/m0/s1. The van der Waals surface area contributed by atoms with Gasteiger partial charge >= 0.3 is 12.1 Å². The van der Waals surface area contributed by atoms with Gasteiger partial charge < -0.3 is 34.4 Å². The summed E-state index contributed by atoms with van der Waals surface area (Å²) in [6.45, 7) is 4.39. The third kappa shape index (κ3) is 6.47. The first-order valence-corrected chi connectivity index (χ1v) is 14.5. The number of halogens is 3. The molecule has 14 nitrogen and oxygen atoms in total. The molecular weight excluding hydrogens is 624 g/mol. The quantitative estimate of drug-likeness (QED) is 0.373. The van der Waals surface area contributed by atoms with E-state index in [1.54, 1.807) is 20.8 Å². The zero-order chi connectivity index (χ0) is 32.8. The maximum Gasteiger partial charge on any atom is 0.411 e. The van der Waals surface area contributed by atoms with E-state index in [1.165, 1.54) is 30.1 Å². The molecule has 7 atom stereocenters. The van der Waals surface area contributed by atoms with Crippen LogP contribution in [0.2, 0.25) is 5.02 Å². The molecule has 1 amide bonds. The number of aliphatic carboxylic acids is 1. The van der Waals surface area contributed by atoms with Crippen LogP contribution in [0.25, 0.3) is 11.3 Å². The predicted octanol–water partition coefficient (Wildman–Crippen LogP) is 2.55. The van der Waals surface area contributed by atoms with Crippen LogP contribution < -0.4 is 0 Å². The molecule has 3 aliphatic rings. The fourth-order valence-electron chi connectivity index (χ4n) is 6.01. The van der Waals surface area contributed by atoms with Gasteiger partial charge in [-0.1, -0.05) is 22.0 Å². The molecular formula is C28H34ClF2N5O9. The molecule has 2 aromatic rings. The van der Waals surface area contributed by atoms with E-state index >= 15 is 0 Å². The third-order valence-electron chi connectivity index (χ3n) is 8.01. The van der Waals surface area contributed by atoms with Crippen molar-refractivity contribution >= 4 is 29.4 Å². The average Bonchev–Trinajstić information content (AvgIpc) is 3.70. The lowest BCUT2D eigenvalue weighted by atomic mass is 9.87. The fourth-order valence-corrected chi connectivity index (χ4v) is 6.16. The number of ether oxygens (including phenoxy) is 3. The summed E-state index contributed by atoms with van der Waals surface area (Å²) in [5, 5.41) is 42.7. The summed E-state index contributed by atoms with van der Waals surface area (Å²) in [5.74, 6) is -3.67. The molecule has 1 aromatic carbocycles. The molecule has 1 spiro atoms. The summed E-state index contributed by atoms with van der Waals surface area (Å²) in [7, 11) is 1.38. The van der Waals surface area contributed by atoms with Gasteiger partial charge in [0.2, 0.25) is 0 Å². The number of aliphatic hydroxyl groups is 2. The number of hydrogen-bond acceptors (Lipinski definition) is 11. The van der Waals surface area contributed by atoms with Gasteiger partial charge in [0.25, 0.3) is 0 Å². The number of methoxy groups -OCH3 is 1. The van der Waals surface area contributed by atoms with Crippen molar-refractivity contribution in [1.82, 2.24) is 19.9 Å². The monoisotopic (exact) mass is 657 g/mol. The number of likely N-dealkylation sites (tertiary alicyclic amines) is 1. The topological polar surface area (TPSA) is 178 Å². The Morgan fingerprint density at radius 2 is 1.96 bits per heavy atom. The normalized spacial score (nSPS) is 30.0. The number of carboxylic acid groups (broad SMARTS) is 1. The molecule has 2 fully saturated rings. The van der Waals surface area contributed by atoms with E-state index in [2.05, 4.69) is 15.5 Å². The molecule has 246 valence electrons. The number of aliphatic hydroxyl groups excluding tert-OH is 2. The van der Waals surface area contributed by atoms with E-state index < -0.39 is 83.0 Å². The molecule has 3 aliphatic heterocycles. The van der Waals surface area contributed by atoms with Gasteiger partial charge in [-0.2, -0.15) is 0 Å². The Labute approximate surface area is 261 Å². The maximum atomic E-state index is 14.6. The number of aromatic nitrogens is 3. The van der Waals surface area contributed by atoms with Crippen molar-refractivity contribution in [3.8, 4) is 11.3 Å². The minimum Gasteiger partial charge on any atom is -0.480 e. The lowest BCUT2D eigenvalue weighted by Crippen LogP contribution is -2.57. The van der Waals surface area contributed by atoms with Crippen LogP contribution in [0, 0.1) is 11.6 Å². The highest BCUT2D eigenvalue weighted by molar-refractivity contribution is 6.30. The van der Waals surface area contributed by atoms with Crippen molar-refractivity contribution < 1.29 is 52.7 Å². The number of hydrogen-bond donors (Lipinski definition) is 3. The highest BCUT2D eigenvalue weighted by atomic mass is 35.5. The van der Waals surface area contributed by atoms with E-state index in [0.29, 0.717) is 5.71 Å². The Morgan fingerprint density at radius 1 is 1.22 bits per heavy atom. The summed E-state index contributed by atoms with van der Waals surface area (Å²) in [6, 6.07) is 0.249. The predicted molar refractivity (Wildman–Crippen MR) is 151 cm³/mol. The van der Waals surface area contributed by atoms with Crippen LogP contribution in [0.15, 0.2) is 23.5 Å². The minimum absolute atomic E-state index is 0.0298. The van der Waals surface area contributed by atoms with E-state index in [4.69, 9.17) is 30.6 Å². The first kappa shape index (κ1) is 32.9. The maximum absolute atomic E-state index is 14.6. The fraction of sp³-hybridized carbons (Fsp3) is 0.607. The van der Waals surface area contributed by atoms with E-state index in [-0.39, 0.29) is 37.1 Å². The molecule has 0 saturated carbocycles. The Hall–Kier alpha value is -3.44. The van der Waals surface area contributed by atoms with Gasteiger partial charge in [-0.05, 0) is 32.9 Å². The minimum atomic E-state index is -1.35. The van der Waals surface area contributed by atoms with Crippen LogP contribution in [-0.2, 0) is 23.8 Å². The van der Waals surface area contributed by atoms with Gasteiger partial charge in [-0.15, -0.1) is 5.10 Å². The summed E-state index contributed by atoms with van der Waals surface area (Å²) >= 11 is 5.67. The van der Waals surface area contributed by atoms with Gasteiger partial charge in [0, 0.05) is 31.9 Å². The number of nitrogens with zero attached hydrogens (tertiary/aromatic N) is 5. The SMILES string of the molecule is CO[C@@H]1[C@@H](n2cc(-c3ccc(Cl)c(F)c3F)nn2)[C@@H](O)[C@@H](CO)O[C@@H]1CC1=NOC2(C1)C[C@@H](C(=O)O)N(C(=O)OC(C)(C)C)C2. The Bertz CT molecular complexity index is 1490. The van der Waals surface area contributed by atoms with Crippen molar-refractivity contribution in [3.05, 3.63) is 35.0 Å². The Morgan fingerprint density at radius 3 is 2.60 bits per heavy atom. The van der Waals surface area contributed by atoms with Crippen LogP contribution >= 0.6 is 11.6 Å². The highest BCUT2D eigenvalue weighted by Crippen LogP contribution is 2.41. The molecule has 1 unspecified atom stereocenters. The van der Waals surface area contributed by atoms with Crippen molar-refractivity contribution in [2.45, 2.75) is 87.7 Å². The number of benzene rings is 1. The number of carboxylic acids is 1. The number of carbonyl (C=O) groups excluding carboxylic acids is 1. The zero-order valence-corrected chi connectivity index (χ0v) is 25.6. The third-order valence-corrected chi connectivity index (χ3v) is 8.30. The number of amides is 1. The summed E-state index contributed by atoms with van der Waals surface area (Å²) < 4.78 is 47.1. The van der Waals surface area contributed by atoms with Crippen molar-refractivity contribution in [1.29, 1.82) is 0 Å². The van der Waals surface area contributed by atoms with Crippen LogP contribution in [0.5, 0.6) is 0 Å². The summed E-state index contributed by atoms with van der Waals surface area (Å²) in [6.07, 6.45) is -3.42. The first-order valence-electron chi connectivity index (χ1n) is 14.2. The van der Waals surface area contributed by atoms with E-state index in [0.717, 1.165) is 4.90 Å². The van der Waals surface area contributed by atoms with Crippen LogP contribution in [0.1, 0.15) is 46.1 Å².